The molecule has 0 aromatic heterocycles. The summed E-state index contributed by atoms with van der Waals surface area (Å²) >= 11 is 0. The van der Waals surface area contributed by atoms with Gasteiger partial charge >= 0.3 is 0 Å². The van der Waals surface area contributed by atoms with Gasteiger partial charge in [0.1, 0.15) is 11.6 Å². The summed E-state index contributed by atoms with van der Waals surface area (Å²) in [5.74, 6) is 0.0236. The minimum atomic E-state index is -0.783. The Morgan fingerprint density at radius 1 is 1.37 bits per heavy atom. The molecule has 0 spiro atoms. The van der Waals surface area contributed by atoms with Crippen LogP contribution in [0.5, 0.6) is 0 Å². The molecule has 5 heteroatoms. The quantitative estimate of drug-likeness (QED) is 0.737. The summed E-state index contributed by atoms with van der Waals surface area (Å²) in [6.45, 7) is 11.1. The first-order valence-electron chi connectivity index (χ1n) is 7.08. The first-order valence-corrected chi connectivity index (χ1v) is 7.08. The molecule has 2 unspecified atom stereocenters. The largest absolute Gasteiger partial charge is 0.380 e. The number of rotatable bonds is 6. The zero-order valence-electron chi connectivity index (χ0n) is 12.7. The highest BCUT2D eigenvalue weighted by Gasteiger charge is 2.47. The Balaban J connectivity index is 2.93. The van der Waals surface area contributed by atoms with E-state index in [9.17, 15) is 9.59 Å². The SMILES string of the molecule is CCOCCN1C(=O)C(C)(CC)NC(=O)C1C(C)C. The lowest BCUT2D eigenvalue weighted by molar-refractivity contribution is -0.157. The van der Waals surface area contributed by atoms with Gasteiger partial charge in [0.15, 0.2) is 0 Å². The molecule has 0 aliphatic carbocycles. The maximum Gasteiger partial charge on any atom is 0.248 e. The van der Waals surface area contributed by atoms with E-state index in [-0.39, 0.29) is 17.7 Å². The van der Waals surface area contributed by atoms with Crippen molar-refractivity contribution in [3.05, 3.63) is 0 Å². The lowest BCUT2D eigenvalue weighted by Gasteiger charge is -2.45. The molecule has 0 radical (unpaired) electrons. The molecule has 1 rings (SSSR count). The first-order chi connectivity index (χ1) is 8.87. The van der Waals surface area contributed by atoms with Gasteiger partial charge in [-0.3, -0.25) is 9.59 Å². The molecule has 1 heterocycles. The molecule has 2 atom stereocenters. The van der Waals surface area contributed by atoms with Gasteiger partial charge in [0.05, 0.1) is 6.61 Å². The number of carbonyl (C=O) groups excluding carboxylic acids is 2. The summed E-state index contributed by atoms with van der Waals surface area (Å²) in [6, 6.07) is -0.396. The van der Waals surface area contributed by atoms with Crippen LogP contribution in [0.25, 0.3) is 0 Å². The van der Waals surface area contributed by atoms with Gasteiger partial charge in [-0.2, -0.15) is 0 Å². The van der Waals surface area contributed by atoms with Gasteiger partial charge in [-0.25, -0.2) is 0 Å². The molecule has 1 aliphatic heterocycles. The van der Waals surface area contributed by atoms with Gasteiger partial charge in [0, 0.05) is 13.2 Å². The normalized spacial score (nSPS) is 27.9. The van der Waals surface area contributed by atoms with Gasteiger partial charge in [-0.1, -0.05) is 20.8 Å². The lowest BCUT2D eigenvalue weighted by Crippen LogP contribution is -2.70. The van der Waals surface area contributed by atoms with Crippen LogP contribution < -0.4 is 5.32 Å². The molecule has 1 N–H and O–H groups in total. The highest BCUT2D eigenvalue weighted by molar-refractivity contribution is 5.99. The van der Waals surface area contributed by atoms with Crippen molar-refractivity contribution >= 4 is 11.8 Å². The van der Waals surface area contributed by atoms with Crippen LogP contribution in [0.3, 0.4) is 0 Å². The average Bonchev–Trinajstić information content (AvgIpc) is 2.34. The second-order valence-corrected chi connectivity index (χ2v) is 5.56. The minimum absolute atomic E-state index is 0.00648. The van der Waals surface area contributed by atoms with E-state index in [0.717, 1.165) is 0 Å². The maximum atomic E-state index is 12.6. The van der Waals surface area contributed by atoms with Crippen LogP contribution in [-0.2, 0) is 14.3 Å². The number of ether oxygens (including phenoxy) is 1. The summed E-state index contributed by atoms with van der Waals surface area (Å²) in [5.41, 5.74) is -0.783. The number of nitrogens with one attached hydrogen (secondary N) is 1. The zero-order valence-corrected chi connectivity index (χ0v) is 12.7. The van der Waals surface area contributed by atoms with Gasteiger partial charge in [-0.05, 0) is 26.2 Å². The van der Waals surface area contributed by atoms with Crippen LogP contribution in [0, 0.1) is 5.92 Å². The van der Waals surface area contributed by atoms with Crippen LogP contribution in [0.1, 0.15) is 41.0 Å². The molecular weight excluding hydrogens is 244 g/mol. The molecule has 1 aliphatic rings. The summed E-state index contributed by atoms with van der Waals surface area (Å²) in [5, 5.41) is 2.87. The third-order valence-electron chi connectivity index (χ3n) is 3.76. The minimum Gasteiger partial charge on any atom is -0.380 e. The number of carbonyl (C=O) groups is 2. The standard InChI is InChI=1S/C14H26N2O3/c1-6-14(5)13(18)16(8-9-19-7-2)11(10(3)4)12(17)15-14/h10-11H,6-9H2,1-5H3,(H,15,17). The van der Waals surface area contributed by atoms with E-state index >= 15 is 0 Å². The monoisotopic (exact) mass is 270 g/mol. The average molecular weight is 270 g/mol. The molecule has 0 aromatic carbocycles. The van der Waals surface area contributed by atoms with Crippen molar-refractivity contribution in [2.45, 2.75) is 52.6 Å². The molecular formula is C14H26N2O3. The Kier molecular flexibility index (Phi) is 5.35. The summed E-state index contributed by atoms with van der Waals surface area (Å²) in [7, 11) is 0. The highest BCUT2D eigenvalue weighted by atomic mass is 16.5. The molecule has 0 aromatic rings. The third-order valence-corrected chi connectivity index (χ3v) is 3.76. The Morgan fingerprint density at radius 3 is 2.47 bits per heavy atom. The Morgan fingerprint density at radius 2 is 2.00 bits per heavy atom. The van der Waals surface area contributed by atoms with Crippen LogP contribution >= 0.6 is 0 Å². The fraction of sp³-hybridized carbons (Fsp3) is 0.857. The fourth-order valence-electron chi connectivity index (χ4n) is 2.43. The van der Waals surface area contributed by atoms with Crippen LogP contribution in [0.4, 0.5) is 0 Å². The van der Waals surface area contributed by atoms with Gasteiger partial charge < -0.3 is 15.0 Å². The second-order valence-electron chi connectivity index (χ2n) is 5.56. The molecule has 19 heavy (non-hydrogen) atoms. The van der Waals surface area contributed by atoms with E-state index in [1.807, 2.05) is 27.7 Å². The van der Waals surface area contributed by atoms with E-state index in [4.69, 9.17) is 4.74 Å². The predicted molar refractivity (Wildman–Crippen MR) is 73.7 cm³/mol. The third kappa shape index (κ3) is 3.26. The van der Waals surface area contributed by atoms with Gasteiger partial charge in [0.25, 0.3) is 0 Å². The highest BCUT2D eigenvalue weighted by Crippen LogP contribution is 2.24. The zero-order chi connectivity index (χ0) is 14.6. The molecule has 5 nitrogen and oxygen atoms in total. The van der Waals surface area contributed by atoms with Crippen molar-refractivity contribution in [2.24, 2.45) is 5.92 Å². The van der Waals surface area contributed by atoms with E-state index in [1.54, 1.807) is 11.8 Å². The molecule has 110 valence electrons. The summed E-state index contributed by atoms with van der Waals surface area (Å²) < 4.78 is 5.32. The smallest absolute Gasteiger partial charge is 0.248 e. The van der Waals surface area contributed by atoms with Crippen molar-refractivity contribution < 1.29 is 14.3 Å². The van der Waals surface area contributed by atoms with E-state index in [1.165, 1.54) is 0 Å². The van der Waals surface area contributed by atoms with E-state index in [0.29, 0.717) is 26.2 Å². The van der Waals surface area contributed by atoms with Crippen LogP contribution in [0.2, 0.25) is 0 Å². The van der Waals surface area contributed by atoms with Crippen molar-refractivity contribution in [2.75, 3.05) is 19.8 Å². The van der Waals surface area contributed by atoms with Gasteiger partial charge in [-0.15, -0.1) is 0 Å². The predicted octanol–water partition coefficient (Wildman–Crippen LogP) is 1.17. The van der Waals surface area contributed by atoms with Gasteiger partial charge in [0.2, 0.25) is 11.8 Å². The fourth-order valence-corrected chi connectivity index (χ4v) is 2.43. The van der Waals surface area contributed by atoms with Crippen LogP contribution in [0.15, 0.2) is 0 Å². The molecule has 0 saturated carbocycles. The Labute approximate surface area is 115 Å². The van der Waals surface area contributed by atoms with Crippen LogP contribution in [-0.4, -0.2) is 48.1 Å². The van der Waals surface area contributed by atoms with E-state index in [2.05, 4.69) is 5.32 Å². The number of nitrogens with zero attached hydrogens (tertiary/aromatic N) is 1. The number of piperazine rings is 1. The molecule has 2 amide bonds. The number of hydrogen-bond acceptors (Lipinski definition) is 3. The van der Waals surface area contributed by atoms with Crippen molar-refractivity contribution in [1.82, 2.24) is 10.2 Å². The maximum absolute atomic E-state index is 12.6. The topological polar surface area (TPSA) is 58.6 Å². The van der Waals surface area contributed by atoms with E-state index < -0.39 is 11.6 Å². The number of amides is 2. The lowest BCUT2D eigenvalue weighted by atomic mass is 9.88. The Bertz CT molecular complexity index is 344. The number of hydrogen-bond donors (Lipinski definition) is 1. The molecule has 1 fully saturated rings. The van der Waals surface area contributed by atoms with Crippen molar-refractivity contribution in [3.8, 4) is 0 Å². The first kappa shape index (κ1) is 16.0. The summed E-state index contributed by atoms with van der Waals surface area (Å²) in [6.07, 6.45) is 0.591. The summed E-state index contributed by atoms with van der Waals surface area (Å²) in [4.78, 5) is 26.5. The van der Waals surface area contributed by atoms with Crippen molar-refractivity contribution in [3.63, 3.8) is 0 Å². The Hall–Kier alpha value is -1.10. The second kappa shape index (κ2) is 6.37. The molecule has 1 saturated heterocycles. The molecule has 0 bridgehead atoms. The van der Waals surface area contributed by atoms with Crippen molar-refractivity contribution in [1.29, 1.82) is 0 Å².